The van der Waals surface area contributed by atoms with Crippen molar-refractivity contribution in [3.05, 3.63) is 58.0 Å². The Morgan fingerprint density at radius 1 is 1.06 bits per heavy atom. The molecule has 1 aromatic heterocycles. The highest BCUT2D eigenvalue weighted by Crippen LogP contribution is 2.29. The predicted molar refractivity (Wildman–Crippen MR) is 72.8 cm³/mol. The first kappa shape index (κ1) is 12.9. The fourth-order valence-electron chi connectivity index (χ4n) is 2.45. The molecule has 2 aromatic rings. The molecule has 0 spiro atoms. The maximum absolute atomic E-state index is 10.4. The molecule has 0 saturated carbocycles. The maximum atomic E-state index is 10.4. The Morgan fingerprint density at radius 3 is 2.28 bits per heavy atom. The van der Waals surface area contributed by atoms with Gasteiger partial charge < -0.3 is 9.52 Å². The Kier molecular flexibility index (Phi) is 3.58. The van der Waals surface area contributed by atoms with Gasteiger partial charge in [0.2, 0.25) is 0 Å². The molecule has 0 saturated heterocycles. The molecule has 2 nitrogen and oxygen atoms in total. The molecule has 0 radical (unpaired) electrons. The first-order chi connectivity index (χ1) is 8.50. The lowest BCUT2D eigenvalue weighted by molar-refractivity contribution is 0.175. The summed E-state index contributed by atoms with van der Waals surface area (Å²) in [5, 5.41) is 10.4. The summed E-state index contributed by atoms with van der Waals surface area (Å²) in [5.74, 6) is 1.72. The fraction of sp³-hybridized carbons (Fsp3) is 0.375. The molecule has 1 aromatic carbocycles. The highest BCUT2D eigenvalue weighted by molar-refractivity contribution is 5.35. The third-order valence-corrected chi connectivity index (χ3v) is 3.63. The second-order valence-electron chi connectivity index (χ2n) is 4.90. The molecule has 1 N–H and O–H groups in total. The van der Waals surface area contributed by atoms with Gasteiger partial charge in [-0.05, 0) is 44.4 Å². The Hall–Kier alpha value is -1.54. The molecule has 0 amide bonds. The minimum Gasteiger partial charge on any atom is -0.466 e. The van der Waals surface area contributed by atoms with Crippen LogP contribution in [-0.4, -0.2) is 5.11 Å². The molecular weight excluding hydrogens is 224 g/mol. The smallest absolute Gasteiger partial charge is 0.107 e. The van der Waals surface area contributed by atoms with Crippen molar-refractivity contribution >= 4 is 0 Å². The van der Waals surface area contributed by atoms with E-state index in [1.807, 2.05) is 32.9 Å². The number of aliphatic hydroxyl groups excluding tert-OH is 1. The molecule has 1 atom stereocenters. The van der Waals surface area contributed by atoms with Crippen molar-refractivity contribution in [3.8, 4) is 0 Å². The molecule has 2 rings (SSSR count). The van der Waals surface area contributed by atoms with Crippen molar-refractivity contribution in [1.29, 1.82) is 0 Å². The maximum Gasteiger partial charge on any atom is 0.107 e. The van der Waals surface area contributed by atoms with Gasteiger partial charge in [0.25, 0.3) is 0 Å². The Balaban J connectivity index is 2.28. The van der Waals surface area contributed by atoms with Crippen LogP contribution in [0.5, 0.6) is 0 Å². The van der Waals surface area contributed by atoms with Crippen molar-refractivity contribution in [1.82, 2.24) is 0 Å². The minimum atomic E-state index is -0.497. The van der Waals surface area contributed by atoms with Crippen LogP contribution in [0.1, 0.15) is 39.9 Å². The van der Waals surface area contributed by atoms with Crippen LogP contribution in [0.25, 0.3) is 0 Å². The van der Waals surface area contributed by atoms with Gasteiger partial charge in [-0.15, -0.1) is 0 Å². The van der Waals surface area contributed by atoms with E-state index in [-0.39, 0.29) is 0 Å². The van der Waals surface area contributed by atoms with Crippen LogP contribution >= 0.6 is 0 Å². The first-order valence-corrected chi connectivity index (χ1v) is 6.29. The van der Waals surface area contributed by atoms with Gasteiger partial charge in [-0.1, -0.05) is 24.3 Å². The average molecular weight is 244 g/mol. The molecule has 1 unspecified atom stereocenters. The number of aryl methyl sites for hydroxylation is 3. The molecule has 0 bridgehead atoms. The van der Waals surface area contributed by atoms with Gasteiger partial charge >= 0.3 is 0 Å². The molecule has 96 valence electrons. The van der Waals surface area contributed by atoms with E-state index < -0.39 is 6.10 Å². The number of rotatable bonds is 3. The SMILES string of the molecule is Cc1ccccc1CC(O)c1c(C)oc(C)c1C. The monoisotopic (exact) mass is 244 g/mol. The van der Waals surface area contributed by atoms with Crippen LogP contribution in [0.2, 0.25) is 0 Å². The molecule has 0 fully saturated rings. The van der Waals surface area contributed by atoms with E-state index in [1.165, 1.54) is 11.1 Å². The van der Waals surface area contributed by atoms with Crippen LogP contribution in [0.4, 0.5) is 0 Å². The van der Waals surface area contributed by atoms with E-state index in [9.17, 15) is 5.11 Å². The summed E-state index contributed by atoms with van der Waals surface area (Å²) in [7, 11) is 0. The lowest BCUT2D eigenvalue weighted by Gasteiger charge is -2.13. The van der Waals surface area contributed by atoms with Gasteiger partial charge in [0.05, 0.1) is 6.10 Å². The van der Waals surface area contributed by atoms with Gasteiger partial charge in [-0.3, -0.25) is 0 Å². The van der Waals surface area contributed by atoms with Crippen molar-refractivity contribution in [2.24, 2.45) is 0 Å². The zero-order chi connectivity index (χ0) is 13.3. The second-order valence-corrected chi connectivity index (χ2v) is 4.90. The standard InChI is InChI=1S/C16H20O2/c1-10-7-5-6-8-14(10)9-15(17)16-11(2)12(3)18-13(16)4/h5-8,15,17H,9H2,1-4H3. The summed E-state index contributed by atoms with van der Waals surface area (Å²) in [4.78, 5) is 0. The summed E-state index contributed by atoms with van der Waals surface area (Å²) >= 11 is 0. The van der Waals surface area contributed by atoms with Gasteiger partial charge in [0.15, 0.2) is 0 Å². The summed E-state index contributed by atoms with van der Waals surface area (Å²) < 4.78 is 5.57. The van der Waals surface area contributed by atoms with Crippen LogP contribution < -0.4 is 0 Å². The minimum absolute atomic E-state index is 0.497. The van der Waals surface area contributed by atoms with Gasteiger partial charge in [-0.25, -0.2) is 0 Å². The lowest BCUT2D eigenvalue weighted by atomic mass is 9.96. The Labute approximate surface area is 108 Å². The molecule has 0 aliphatic carbocycles. The highest BCUT2D eigenvalue weighted by atomic mass is 16.3. The van der Waals surface area contributed by atoms with Crippen molar-refractivity contribution in [2.75, 3.05) is 0 Å². The van der Waals surface area contributed by atoms with E-state index in [4.69, 9.17) is 4.42 Å². The van der Waals surface area contributed by atoms with Crippen LogP contribution in [0.15, 0.2) is 28.7 Å². The fourth-order valence-corrected chi connectivity index (χ4v) is 2.45. The third-order valence-electron chi connectivity index (χ3n) is 3.63. The van der Waals surface area contributed by atoms with E-state index in [0.717, 1.165) is 22.6 Å². The number of hydrogen-bond donors (Lipinski definition) is 1. The molecule has 2 heteroatoms. The van der Waals surface area contributed by atoms with E-state index in [1.54, 1.807) is 0 Å². The quantitative estimate of drug-likeness (QED) is 0.891. The van der Waals surface area contributed by atoms with E-state index in [0.29, 0.717) is 6.42 Å². The van der Waals surface area contributed by atoms with Gasteiger partial charge in [0, 0.05) is 12.0 Å². The summed E-state index contributed by atoms with van der Waals surface area (Å²) in [6, 6.07) is 8.16. The first-order valence-electron chi connectivity index (χ1n) is 6.29. The van der Waals surface area contributed by atoms with E-state index >= 15 is 0 Å². The predicted octanol–water partition coefficient (Wildman–Crippen LogP) is 3.79. The van der Waals surface area contributed by atoms with Crippen molar-refractivity contribution in [2.45, 2.75) is 40.2 Å². The number of hydrogen-bond acceptors (Lipinski definition) is 2. The topological polar surface area (TPSA) is 33.4 Å². The molecule has 0 aliphatic rings. The number of furan rings is 1. The molecular formula is C16H20O2. The number of benzene rings is 1. The molecule has 0 aliphatic heterocycles. The van der Waals surface area contributed by atoms with Crippen LogP contribution in [0, 0.1) is 27.7 Å². The van der Waals surface area contributed by atoms with E-state index in [2.05, 4.69) is 19.1 Å². The lowest BCUT2D eigenvalue weighted by Crippen LogP contribution is -2.05. The normalized spacial score (nSPS) is 12.7. The van der Waals surface area contributed by atoms with Crippen molar-refractivity contribution < 1.29 is 9.52 Å². The highest BCUT2D eigenvalue weighted by Gasteiger charge is 2.19. The summed E-state index contributed by atoms with van der Waals surface area (Å²) in [6.07, 6.45) is 0.136. The molecule has 1 heterocycles. The van der Waals surface area contributed by atoms with Crippen LogP contribution in [-0.2, 0) is 6.42 Å². The second kappa shape index (κ2) is 4.99. The van der Waals surface area contributed by atoms with Gasteiger partial charge in [-0.2, -0.15) is 0 Å². The average Bonchev–Trinajstić information content (AvgIpc) is 2.56. The Morgan fingerprint density at radius 2 is 1.72 bits per heavy atom. The largest absolute Gasteiger partial charge is 0.466 e. The summed E-state index contributed by atoms with van der Waals surface area (Å²) in [6.45, 7) is 7.92. The zero-order valence-corrected chi connectivity index (χ0v) is 11.4. The van der Waals surface area contributed by atoms with Gasteiger partial charge in [0.1, 0.15) is 11.5 Å². The summed E-state index contributed by atoms with van der Waals surface area (Å²) in [5.41, 5.74) is 4.40. The third kappa shape index (κ3) is 2.34. The van der Waals surface area contributed by atoms with Crippen molar-refractivity contribution in [3.63, 3.8) is 0 Å². The Bertz CT molecular complexity index is 552. The van der Waals surface area contributed by atoms with Crippen LogP contribution in [0.3, 0.4) is 0 Å². The molecule has 18 heavy (non-hydrogen) atoms. The zero-order valence-electron chi connectivity index (χ0n) is 11.4. The number of aliphatic hydroxyl groups is 1.